The van der Waals surface area contributed by atoms with Gasteiger partial charge in [-0.25, -0.2) is 0 Å². The molecule has 1 aromatic heterocycles. The zero-order valence-corrected chi connectivity index (χ0v) is 18.7. The molecule has 4 atom stereocenters. The van der Waals surface area contributed by atoms with E-state index in [1.807, 2.05) is 13.3 Å². The van der Waals surface area contributed by atoms with Crippen LogP contribution in [0.25, 0.3) is 0 Å². The summed E-state index contributed by atoms with van der Waals surface area (Å²) in [6, 6.07) is 0. The number of methoxy groups -OCH3 is 1. The fourth-order valence-corrected chi connectivity index (χ4v) is 5.77. The first-order chi connectivity index (χ1) is 13.0. The van der Waals surface area contributed by atoms with E-state index >= 15 is 0 Å². The quantitative estimate of drug-likeness (QED) is 0.700. The van der Waals surface area contributed by atoms with Crippen molar-refractivity contribution in [3.8, 4) is 0 Å². The van der Waals surface area contributed by atoms with Crippen LogP contribution in [0.2, 0.25) is 0 Å². The maximum atomic E-state index is 6.19. The van der Waals surface area contributed by atoms with Crippen molar-refractivity contribution in [3.63, 3.8) is 0 Å². The standard InChI is InChI=1S/C22H37BN2O3/c1-20(2)16-10-15(18(8-9-26-7)19(20)11-16)13-25-14-17(12-24-25)23-27-21(3,4)22(5,6)28-23/h12,14-16,18-19H,8-11,13H2,1-7H3/t15-,16-,18-,19+/m0/s1. The molecule has 0 radical (unpaired) electrons. The summed E-state index contributed by atoms with van der Waals surface area (Å²) >= 11 is 0. The smallest absolute Gasteiger partial charge is 0.399 e. The van der Waals surface area contributed by atoms with Gasteiger partial charge in [0.05, 0.1) is 11.2 Å². The van der Waals surface area contributed by atoms with Crippen LogP contribution in [-0.4, -0.2) is 41.8 Å². The van der Waals surface area contributed by atoms with Gasteiger partial charge in [-0.3, -0.25) is 4.68 Å². The molecule has 2 heterocycles. The second kappa shape index (κ2) is 6.85. The summed E-state index contributed by atoms with van der Waals surface area (Å²) in [5.41, 5.74) is 0.878. The lowest BCUT2D eigenvalue weighted by molar-refractivity contribution is -0.143. The zero-order chi connectivity index (χ0) is 20.3. The third kappa shape index (κ3) is 3.25. The van der Waals surface area contributed by atoms with E-state index in [0.717, 1.165) is 42.8 Å². The van der Waals surface area contributed by atoms with E-state index in [2.05, 4.69) is 57.5 Å². The summed E-state index contributed by atoms with van der Waals surface area (Å²) in [4.78, 5) is 0. The summed E-state index contributed by atoms with van der Waals surface area (Å²) < 4.78 is 19.9. The largest absolute Gasteiger partial charge is 0.498 e. The van der Waals surface area contributed by atoms with Crippen molar-refractivity contribution >= 4 is 12.6 Å². The molecule has 28 heavy (non-hydrogen) atoms. The van der Waals surface area contributed by atoms with E-state index < -0.39 is 0 Å². The number of hydrogen-bond donors (Lipinski definition) is 0. The Kier molecular flexibility index (Phi) is 5.00. The van der Waals surface area contributed by atoms with Crippen molar-refractivity contribution in [2.45, 2.75) is 78.6 Å². The van der Waals surface area contributed by atoms with Gasteiger partial charge in [0.25, 0.3) is 0 Å². The van der Waals surface area contributed by atoms with Crippen LogP contribution in [-0.2, 0) is 20.6 Å². The SMILES string of the molecule is COCC[C@H]1[C@H](Cn2cc(B3OC(C)(C)C(C)(C)O3)cn2)C[C@H]2C[C@H]1C2(C)C. The van der Waals surface area contributed by atoms with Gasteiger partial charge >= 0.3 is 7.12 Å². The first kappa shape index (κ1) is 20.4. The lowest BCUT2D eigenvalue weighted by Gasteiger charge is -2.63. The minimum Gasteiger partial charge on any atom is -0.399 e. The van der Waals surface area contributed by atoms with E-state index in [0.29, 0.717) is 11.3 Å². The molecule has 156 valence electrons. The minimum atomic E-state index is -0.332. The van der Waals surface area contributed by atoms with Gasteiger partial charge in [0.1, 0.15) is 0 Å². The summed E-state index contributed by atoms with van der Waals surface area (Å²) in [5, 5.41) is 4.67. The highest BCUT2D eigenvalue weighted by Gasteiger charge is 2.57. The second-order valence-electron chi connectivity index (χ2n) is 10.9. The highest BCUT2D eigenvalue weighted by atomic mass is 16.7. The molecule has 0 unspecified atom stereocenters. The van der Waals surface area contributed by atoms with E-state index in [4.69, 9.17) is 14.0 Å². The predicted molar refractivity (Wildman–Crippen MR) is 111 cm³/mol. The van der Waals surface area contributed by atoms with Crippen LogP contribution in [0.1, 0.15) is 60.8 Å². The number of aromatic nitrogens is 2. The summed E-state index contributed by atoms with van der Waals surface area (Å²) in [6.07, 6.45) is 7.91. The molecule has 0 amide bonds. The number of ether oxygens (including phenoxy) is 1. The molecular formula is C22H37BN2O3. The molecule has 2 bridgehead atoms. The molecule has 1 aromatic rings. The van der Waals surface area contributed by atoms with Crippen molar-refractivity contribution in [3.05, 3.63) is 12.4 Å². The molecule has 5 rings (SSSR count). The van der Waals surface area contributed by atoms with Crippen LogP contribution in [0.3, 0.4) is 0 Å². The minimum absolute atomic E-state index is 0.318. The molecule has 3 saturated carbocycles. The maximum Gasteiger partial charge on any atom is 0.498 e. The van der Waals surface area contributed by atoms with Crippen molar-refractivity contribution in [1.29, 1.82) is 0 Å². The number of fused-ring (bicyclic) bond motifs is 2. The number of nitrogens with zero attached hydrogens (tertiary/aromatic N) is 2. The Balaban J connectivity index is 1.45. The Labute approximate surface area is 170 Å². The molecule has 3 aliphatic carbocycles. The van der Waals surface area contributed by atoms with Gasteiger partial charge in [0.15, 0.2) is 0 Å². The molecule has 6 heteroatoms. The van der Waals surface area contributed by atoms with Crippen LogP contribution in [0, 0.1) is 29.1 Å². The summed E-state index contributed by atoms with van der Waals surface area (Å²) in [5.74, 6) is 3.09. The van der Waals surface area contributed by atoms with Gasteiger partial charge in [-0.05, 0) is 76.0 Å². The monoisotopic (exact) mass is 388 g/mol. The van der Waals surface area contributed by atoms with E-state index in [9.17, 15) is 0 Å². The third-order valence-electron chi connectivity index (χ3n) is 8.51. The zero-order valence-electron chi connectivity index (χ0n) is 18.7. The molecule has 1 aliphatic heterocycles. The molecule has 1 saturated heterocycles. The molecule has 0 aromatic carbocycles. The number of rotatable bonds is 6. The van der Waals surface area contributed by atoms with Gasteiger partial charge in [-0.2, -0.15) is 5.10 Å². The van der Waals surface area contributed by atoms with Gasteiger partial charge in [-0.1, -0.05) is 13.8 Å². The lowest BCUT2D eigenvalue weighted by Crippen LogP contribution is -2.56. The van der Waals surface area contributed by atoms with Crippen LogP contribution in [0.4, 0.5) is 0 Å². The normalized spacial score (nSPS) is 35.0. The van der Waals surface area contributed by atoms with Crippen LogP contribution in [0.15, 0.2) is 12.4 Å². The van der Waals surface area contributed by atoms with Crippen LogP contribution in [0.5, 0.6) is 0 Å². The molecule has 5 nitrogen and oxygen atoms in total. The molecule has 4 aliphatic rings. The molecule has 0 N–H and O–H groups in total. The van der Waals surface area contributed by atoms with E-state index in [1.165, 1.54) is 12.8 Å². The van der Waals surface area contributed by atoms with Crippen LogP contribution >= 0.6 is 0 Å². The van der Waals surface area contributed by atoms with E-state index in [-0.39, 0.29) is 18.3 Å². The second-order valence-corrected chi connectivity index (χ2v) is 10.9. The van der Waals surface area contributed by atoms with Crippen molar-refractivity contribution in [2.75, 3.05) is 13.7 Å². The van der Waals surface area contributed by atoms with Gasteiger partial charge in [0, 0.05) is 38.1 Å². The topological polar surface area (TPSA) is 45.5 Å². The fraction of sp³-hybridized carbons (Fsp3) is 0.864. The van der Waals surface area contributed by atoms with Crippen molar-refractivity contribution in [2.24, 2.45) is 29.1 Å². The summed E-state index contributed by atoms with van der Waals surface area (Å²) in [6.45, 7) is 15.1. The maximum absolute atomic E-state index is 6.19. The van der Waals surface area contributed by atoms with Crippen molar-refractivity contribution < 1.29 is 14.0 Å². The first-order valence-electron chi connectivity index (χ1n) is 10.9. The predicted octanol–water partition coefficient (Wildman–Crippen LogP) is 3.52. The average molecular weight is 388 g/mol. The number of hydrogen-bond acceptors (Lipinski definition) is 4. The third-order valence-corrected chi connectivity index (χ3v) is 8.51. The van der Waals surface area contributed by atoms with Crippen LogP contribution < -0.4 is 5.46 Å². The highest BCUT2D eigenvalue weighted by molar-refractivity contribution is 6.61. The van der Waals surface area contributed by atoms with Gasteiger partial charge in [-0.15, -0.1) is 0 Å². The molecular weight excluding hydrogens is 351 g/mol. The van der Waals surface area contributed by atoms with Gasteiger partial charge < -0.3 is 14.0 Å². The molecule has 0 spiro atoms. The molecule has 4 fully saturated rings. The average Bonchev–Trinajstić information content (AvgIpc) is 3.15. The Morgan fingerprint density at radius 2 is 1.82 bits per heavy atom. The first-order valence-corrected chi connectivity index (χ1v) is 10.9. The Bertz CT molecular complexity index is 698. The fourth-order valence-electron chi connectivity index (χ4n) is 5.77. The van der Waals surface area contributed by atoms with Crippen molar-refractivity contribution in [1.82, 2.24) is 9.78 Å². The van der Waals surface area contributed by atoms with Gasteiger partial charge in [0.2, 0.25) is 0 Å². The Morgan fingerprint density at radius 1 is 1.14 bits per heavy atom. The highest BCUT2D eigenvalue weighted by Crippen LogP contribution is 2.63. The van der Waals surface area contributed by atoms with E-state index in [1.54, 1.807) is 0 Å². The Morgan fingerprint density at radius 3 is 2.43 bits per heavy atom. The Hall–Kier alpha value is -0.845. The summed E-state index contributed by atoms with van der Waals surface area (Å²) in [7, 11) is 1.48. The lowest BCUT2D eigenvalue weighted by atomic mass is 9.43.